The molecule has 2 atom stereocenters. The SMILES string of the molecule is O=C(N[C@H]1CCCC[C@@H]1C(F)(F)F)c1cc(Cl)c2c(c1)OCCO2. The van der Waals surface area contributed by atoms with Crippen LogP contribution in [0.25, 0.3) is 0 Å². The van der Waals surface area contributed by atoms with Crippen molar-refractivity contribution in [2.45, 2.75) is 37.9 Å². The Morgan fingerprint density at radius 2 is 1.88 bits per heavy atom. The van der Waals surface area contributed by atoms with Gasteiger partial charge in [0.1, 0.15) is 13.2 Å². The van der Waals surface area contributed by atoms with Crippen LogP contribution in [0.4, 0.5) is 13.2 Å². The van der Waals surface area contributed by atoms with Crippen LogP contribution in [-0.4, -0.2) is 31.3 Å². The van der Waals surface area contributed by atoms with E-state index in [0.29, 0.717) is 44.0 Å². The molecule has 24 heavy (non-hydrogen) atoms. The van der Waals surface area contributed by atoms with Gasteiger partial charge in [-0.15, -0.1) is 0 Å². The van der Waals surface area contributed by atoms with E-state index in [0.717, 1.165) is 0 Å². The van der Waals surface area contributed by atoms with Crippen LogP contribution in [0.15, 0.2) is 12.1 Å². The van der Waals surface area contributed by atoms with E-state index < -0.39 is 24.0 Å². The Balaban J connectivity index is 1.78. The van der Waals surface area contributed by atoms with Crippen molar-refractivity contribution in [1.29, 1.82) is 0 Å². The lowest BCUT2D eigenvalue weighted by Crippen LogP contribution is -2.47. The zero-order valence-corrected chi connectivity index (χ0v) is 13.5. The Kier molecular flexibility index (Phi) is 4.80. The summed E-state index contributed by atoms with van der Waals surface area (Å²) in [6.07, 6.45) is -2.78. The maximum Gasteiger partial charge on any atom is 0.393 e. The number of hydrogen-bond acceptors (Lipinski definition) is 3. The molecule has 2 aliphatic rings. The Labute approximate surface area is 142 Å². The molecular formula is C16H17ClF3NO3. The molecule has 1 aliphatic heterocycles. The highest BCUT2D eigenvalue weighted by molar-refractivity contribution is 6.32. The number of amides is 1. The second kappa shape index (κ2) is 6.70. The first-order chi connectivity index (χ1) is 11.4. The molecule has 1 aromatic rings. The summed E-state index contributed by atoms with van der Waals surface area (Å²) in [4.78, 5) is 12.4. The Morgan fingerprint density at radius 3 is 2.62 bits per heavy atom. The molecule has 0 unspecified atom stereocenters. The van der Waals surface area contributed by atoms with Gasteiger partial charge >= 0.3 is 6.18 Å². The monoisotopic (exact) mass is 363 g/mol. The van der Waals surface area contributed by atoms with Gasteiger partial charge < -0.3 is 14.8 Å². The number of nitrogens with one attached hydrogen (secondary N) is 1. The third kappa shape index (κ3) is 3.55. The van der Waals surface area contributed by atoms with Gasteiger partial charge in [0.2, 0.25) is 0 Å². The van der Waals surface area contributed by atoms with E-state index in [1.54, 1.807) is 0 Å². The van der Waals surface area contributed by atoms with Crippen LogP contribution in [0.1, 0.15) is 36.0 Å². The van der Waals surface area contributed by atoms with Crippen LogP contribution in [-0.2, 0) is 0 Å². The number of carbonyl (C=O) groups excluding carboxylic acids is 1. The lowest BCUT2D eigenvalue weighted by Gasteiger charge is -2.33. The number of alkyl halides is 3. The second-order valence-corrected chi connectivity index (χ2v) is 6.40. The predicted octanol–water partition coefficient (Wildman–Crippen LogP) is 3.96. The van der Waals surface area contributed by atoms with E-state index in [9.17, 15) is 18.0 Å². The zero-order chi connectivity index (χ0) is 17.3. The van der Waals surface area contributed by atoms with E-state index in [2.05, 4.69) is 5.32 Å². The van der Waals surface area contributed by atoms with E-state index >= 15 is 0 Å². The minimum atomic E-state index is -4.32. The van der Waals surface area contributed by atoms with Crippen molar-refractivity contribution in [3.05, 3.63) is 22.7 Å². The first kappa shape index (κ1) is 17.2. The predicted molar refractivity (Wildman–Crippen MR) is 81.7 cm³/mol. The summed E-state index contributed by atoms with van der Waals surface area (Å²) in [5, 5.41) is 2.71. The highest BCUT2D eigenvalue weighted by Crippen LogP contribution is 2.40. The first-order valence-electron chi connectivity index (χ1n) is 7.83. The summed E-state index contributed by atoms with van der Waals surface area (Å²) in [7, 11) is 0. The summed E-state index contributed by atoms with van der Waals surface area (Å²) < 4.78 is 50.1. The number of carbonyl (C=O) groups is 1. The van der Waals surface area contributed by atoms with E-state index in [-0.39, 0.29) is 17.0 Å². The van der Waals surface area contributed by atoms with Crippen LogP contribution in [0.5, 0.6) is 11.5 Å². The van der Waals surface area contributed by atoms with Crippen molar-refractivity contribution >= 4 is 17.5 Å². The van der Waals surface area contributed by atoms with Gasteiger partial charge in [0, 0.05) is 11.6 Å². The normalized spacial score (nSPS) is 23.7. The molecule has 4 nitrogen and oxygen atoms in total. The summed E-state index contributed by atoms with van der Waals surface area (Å²) in [6, 6.07) is 1.91. The van der Waals surface area contributed by atoms with Gasteiger partial charge in [-0.1, -0.05) is 24.4 Å². The minimum Gasteiger partial charge on any atom is -0.486 e. The quantitative estimate of drug-likeness (QED) is 0.865. The fraction of sp³-hybridized carbons (Fsp3) is 0.562. The van der Waals surface area contributed by atoms with Crippen molar-refractivity contribution in [2.75, 3.05) is 13.2 Å². The topological polar surface area (TPSA) is 47.6 Å². The molecule has 0 spiro atoms. The molecule has 1 heterocycles. The Hall–Kier alpha value is -1.63. The van der Waals surface area contributed by atoms with Crippen molar-refractivity contribution in [2.24, 2.45) is 5.92 Å². The van der Waals surface area contributed by atoms with Crippen molar-refractivity contribution < 1.29 is 27.4 Å². The third-order valence-corrected chi connectivity index (χ3v) is 4.64. The van der Waals surface area contributed by atoms with E-state index in [1.165, 1.54) is 12.1 Å². The van der Waals surface area contributed by atoms with Gasteiger partial charge in [0.05, 0.1) is 10.9 Å². The second-order valence-electron chi connectivity index (χ2n) is 5.99. The average Bonchev–Trinajstić information content (AvgIpc) is 2.54. The van der Waals surface area contributed by atoms with Crippen LogP contribution in [0.2, 0.25) is 5.02 Å². The summed E-state index contributed by atoms with van der Waals surface area (Å²) in [6.45, 7) is 0.681. The number of rotatable bonds is 2. The van der Waals surface area contributed by atoms with Gasteiger partial charge in [-0.05, 0) is 25.0 Å². The minimum absolute atomic E-state index is 0.0380. The molecule has 0 aromatic heterocycles. The third-order valence-electron chi connectivity index (χ3n) is 4.36. The molecule has 1 aromatic carbocycles. The molecule has 0 saturated heterocycles. The van der Waals surface area contributed by atoms with Gasteiger partial charge in [0.25, 0.3) is 5.91 Å². The van der Waals surface area contributed by atoms with Crippen LogP contribution < -0.4 is 14.8 Å². The zero-order valence-electron chi connectivity index (χ0n) is 12.8. The van der Waals surface area contributed by atoms with Gasteiger partial charge in [-0.25, -0.2) is 0 Å². The summed E-state index contributed by atoms with van der Waals surface area (Å²) in [5.41, 5.74) is 0.163. The van der Waals surface area contributed by atoms with Gasteiger partial charge in [-0.2, -0.15) is 13.2 Å². The number of fused-ring (bicyclic) bond motifs is 1. The summed E-state index contributed by atoms with van der Waals surface area (Å²) >= 11 is 6.07. The lowest BCUT2D eigenvalue weighted by atomic mass is 9.84. The first-order valence-corrected chi connectivity index (χ1v) is 8.21. The van der Waals surface area contributed by atoms with Crippen molar-refractivity contribution in [3.8, 4) is 11.5 Å². The van der Waals surface area contributed by atoms with Crippen molar-refractivity contribution in [3.63, 3.8) is 0 Å². The Morgan fingerprint density at radius 1 is 1.17 bits per heavy atom. The van der Waals surface area contributed by atoms with Crippen LogP contribution in [0.3, 0.4) is 0 Å². The highest BCUT2D eigenvalue weighted by atomic mass is 35.5. The number of ether oxygens (including phenoxy) is 2. The molecule has 1 amide bonds. The average molecular weight is 364 g/mol. The van der Waals surface area contributed by atoms with Crippen LogP contribution >= 0.6 is 11.6 Å². The molecule has 0 radical (unpaired) electrons. The molecule has 0 bridgehead atoms. The highest BCUT2D eigenvalue weighted by Gasteiger charge is 2.46. The number of hydrogen-bond donors (Lipinski definition) is 1. The van der Waals surface area contributed by atoms with Crippen molar-refractivity contribution in [1.82, 2.24) is 5.32 Å². The lowest BCUT2D eigenvalue weighted by molar-refractivity contribution is -0.187. The summed E-state index contributed by atoms with van der Waals surface area (Å²) in [5.74, 6) is -1.42. The fourth-order valence-electron chi connectivity index (χ4n) is 3.19. The molecule has 1 saturated carbocycles. The number of halogens is 4. The Bertz CT molecular complexity index is 636. The van der Waals surface area contributed by atoms with E-state index in [1.807, 2.05) is 0 Å². The van der Waals surface area contributed by atoms with Gasteiger partial charge in [-0.3, -0.25) is 4.79 Å². The van der Waals surface area contributed by atoms with E-state index in [4.69, 9.17) is 21.1 Å². The smallest absolute Gasteiger partial charge is 0.393 e. The molecule has 3 rings (SSSR count). The fourth-order valence-corrected chi connectivity index (χ4v) is 3.45. The number of benzene rings is 1. The molecule has 1 fully saturated rings. The molecule has 132 valence electrons. The molecule has 8 heteroatoms. The standard InChI is InChI=1S/C16H17ClF3NO3/c17-11-7-9(8-13-14(11)24-6-5-23-13)15(22)21-12-4-2-1-3-10(12)16(18,19)20/h7-8,10,12H,1-6H2,(H,21,22)/t10-,12-/m0/s1. The largest absolute Gasteiger partial charge is 0.486 e. The molecule has 1 aliphatic carbocycles. The van der Waals surface area contributed by atoms with Crippen LogP contribution in [0, 0.1) is 5.92 Å². The molecule has 1 N–H and O–H groups in total. The molecular weight excluding hydrogens is 347 g/mol. The maximum atomic E-state index is 13.1. The van der Waals surface area contributed by atoms with Gasteiger partial charge in [0.15, 0.2) is 11.5 Å². The maximum absolute atomic E-state index is 13.1.